The second-order valence-electron chi connectivity index (χ2n) is 5.90. The van der Waals surface area contributed by atoms with Gasteiger partial charge in [0, 0.05) is 23.0 Å². The predicted molar refractivity (Wildman–Crippen MR) is 97.5 cm³/mol. The standard InChI is InChI=1S/C18H13ClN4O3/c1-10(18(25)26)22-7-6-15-14(17(22)24)8-20-16-13(9-21-23(15)16)11-2-4-12(19)5-3-11/h2-10H,1H3,(H,25,26). The second-order valence-corrected chi connectivity index (χ2v) is 6.34. The van der Waals surface area contributed by atoms with Gasteiger partial charge in [-0.05, 0) is 30.7 Å². The van der Waals surface area contributed by atoms with Gasteiger partial charge in [0.25, 0.3) is 5.56 Å². The van der Waals surface area contributed by atoms with Crippen LogP contribution >= 0.6 is 11.6 Å². The molecule has 8 heteroatoms. The molecule has 0 aliphatic carbocycles. The molecule has 7 nitrogen and oxygen atoms in total. The Kier molecular flexibility index (Phi) is 3.73. The Morgan fingerprint density at radius 1 is 1.19 bits per heavy atom. The monoisotopic (exact) mass is 368 g/mol. The van der Waals surface area contributed by atoms with Crippen LogP contribution in [0.3, 0.4) is 0 Å². The van der Waals surface area contributed by atoms with E-state index in [0.29, 0.717) is 21.6 Å². The molecule has 4 rings (SSSR count). The van der Waals surface area contributed by atoms with Crippen molar-refractivity contribution in [3.63, 3.8) is 0 Å². The number of aliphatic carboxylic acids is 1. The SMILES string of the molecule is CC(C(=O)O)n1ccc2c(cnc3c(-c4ccc(Cl)cc4)cnn32)c1=O. The van der Waals surface area contributed by atoms with Crippen LogP contribution in [0.4, 0.5) is 0 Å². The highest BCUT2D eigenvalue weighted by Crippen LogP contribution is 2.26. The molecule has 0 aliphatic rings. The highest BCUT2D eigenvalue weighted by molar-refractivity contribution is 6.30. The maximum atomic E-state index is 12.6. The lowest BCUT2D eigenvalue weighted by Crippen LogP contribution is -2.27. The lowest BCUT2D eigenvalue weighted by molar-refractivity contribution is -0.140. The van der Waals surface area contributed by atoms with E-state index in [1.807, 2.05) is 12.1 Å². The normalized spacial score (nSPS) is 12.5. The third-order valence-electron chi connectivity index (χ3n) is 4.35. The van der Waals surface area contributed by atoms with Crippen molar-refractivity contribution in [3.05, 3.63) is 64.3 Å². The first-order chi connectivity index (χ1) is 12.5. The van der Waals surface area contributed by atoms with E-state index in [2.05, 4.69) is 10.1 Å². The molecule has 0 radical (unpaired) electrons. The molecule has 0 bridgehead atoms. The Balaban J connectivity index is 1.94. The van der Waals surface area contributed by atoms with Gasteiger partial charge in [-0.2, -0.15) is 5.10 Å². The molecule has 0 amide bonds. The van der Waals surface area contributed by atoms with Crippen LogP contribution in [-0.2, 0) is 4.79 Å². The lowest BCUT2D eigenvalue weighted by atomic mass is 10.1. The van der Waals surface area contributed by atoms with E-state index < -0.39 is 17.6 Å². The molecule has 4 aromatic rings. The molecule has 1 aromatic carbocycles. The van der Waals surface area contributed by atoms with E-state index in [1.165, 1.54) is 23.9 Å². The minimum atomic E-state index is -1.08. The van der Waals surface area contributed by atoms with Crippen molar-refractivity contribution in [2.45, 2.75) is 13.0 Å². The van der Waals surface area contributed by atoms with Crippen molar-refractivity contribution in [1.29, 1.82) is 0 Å². The van der Waals surface area contributed by atoms with Gasteiger partial charge in [0.1, 0.15) is 6.04 Å². The van der Waals surface area contributed by atoms with Gasteiger partial charge in [-0.15, -0.1) is 0 Å². The highest BCUT2D eigenvalue weighted by Gasteiger charge is 2.18. The summed E-state index contributed by atoms with van der Waals surface area (Å²) in [6.45, 7) is 1.45. The third-order valence-corrected chi connectivity index (χ3v) is 4.60. The number of hydrogen-bond donors (Lipinski definition) is 1. The predicted octanol–water partition coefficient (Wildman–Crippen LogP) is 3.01. The van der Waals surface area contributed by atoms with Crippen LogP contribution in [0.25, 0.3) is 27.7 Å². The number of aromatic nitrogens is 4. The molecule has 26 heavy (non-hydrogen) atoms. The fourth-order valence-corrected chi connectivity index (χ4v) is 3.01. The van der Waals surface area contributed by atoms with E-state index in [4.69, 9.17) is 16.7 Å². The number of pyridine rings is 1. The number of halogens is 1. The number of fused-ring (bicyclic) bond motifs is 3. The lowest BCUT2D eigenvalue weighted by Gasteiger charge is -2.11. The largest absolute Gasteiger partial charge is 0.480 e. The first-order valence-electron chi connectivity index (χ1n) is 7.83. The van der Waals surface area contributed by atoms with Crippen molar-refractivity contribution in [3.8, 4) is 11.1 Å². The van der Waals surface area contributed by atoms with Gasteiger partial charge in [-0.1, -0.05) is 23.7 Å². The number of rotatable bonds is 3. The summed E-state index contributed by atoms with van der Waals surface area (Å²) in [6, 6.07) is 8.02. The van der Waals surface area contributed by atoms with Crippen LogP contribution in [0.5, 0.6) is 0 Å². The van der Waals surface area contributed by atoms with Crippen LogP contribution in [0.2, 0.25) is 5.02 Å². The molecule has 0 saturated carbocycles. The number of carbonyl (C=O) groups is 1. The third kappa shape index (κ3) is 2.44. The molecular weight excluding hydrogens is 356 g/mol. The fraction of sp³-hybridized carbons (Fsp3) is 0.111. The molecule has 1 atom stereocenters. The Hall–Kier alpha value is -3.19. The van der Waals surface area contributed by atoms with Gasteiger partial charge in [-0.25, -0.2) is 14.3 Å². The number of nitrogens with zero attached hydrogens (tertiary/aromatic N) is 4. The summed E-state index contributed by atoms with van der Waals surface area (Å²) in [6.07, 6.45) is 4.60. The van der Waals surface area contributed by atoms with Crippen LogP contribution in [0.1, 0.15) is 13.0 Å². The molecule has 0 fully saturated rings. The minimum absolute atomic E-state index is 0.304. The van der Waals surface area contributed by atoms with Gasteiger partial charge in [0.2, 0.25) is 0 Å². The van der Waals surface area contributed by atoms with E-state index >= 15 is 0 Å². The zero-order valence-electron chi connectivity index (χ0n) is 13.6. The summed E-state index contributed by atoms with van der Waals surface area (Å²) < 4.78 is 2.75. The number of hydrogen-bond acceptors (Lipinski definition) is 4. The molecular formula is C18H13ClN4O3. The van der Waals surface area contributed by atoms with E-state index in [1.54, 1.807) is 28.9 Å². The average Bonchev–Trinajstić information content (AvgIpc) is 3.06. The highest BCUT2D eigenvalue weighted by atomic mass is 35.5. The molecule has 3 heterocycles. The maximum absolute atomic E-state index is 12.6. The van der Waals surface area contributed by atoms with Crippen LogP contribution < -0.4 is 5.56 Å². The second kappa shape index (κ2) is 5.96. The zero-order chi connectivity index (χ0) is 18.4. The van der Waals surface area contributed by atoms with Gasteiger partial charge < -0.3 is 9.67 Å². The first-order valence-corrected chi connectivity index (χ1v) is 8.21. The smallest absolute Gasteiger partial charge is 0.326 e. The van der Waals surface area contributed by atoms with Crippen LogP contribution in [0.15, 0.2) is 53.7 Å². The molecule has 3 aromatic heterocycles. The maximum Gasteiger partial charge on any atom is 0.326 e. The summed E-state index contributed by atoms with van der Waals surface area (Å²) in [4.78, 5) is 28.2. The Morgan fingerprint density at radius 2 is 1.92 bits per heavy atom. The zero-order valence-corrected chi connectivity index (χ0v) is 14.4. The van der Waals surface area contributed by atoms with Gasteiger partial charge in [0.15, 0.2) is 5.65 Å². The van der Waals surface area contributed by atoms with Crippen molar-refractivity contribution in [1.82, 2.24) is 19.2 Å². The summed E-state index contributed by atoms with van der Waals surface area (Å²) in [5.41, 5.74) is 2.46. The van der Waals surface area contributed by atoms with E-state index in [-0.39, 0.29) is 0 Å². The van der Waals surface area contributed by atoms with Gasteiger partial charge in [0.05, 0.1) is 17.1 Å². The molecule has 0 spiro atoms. The Bertz CT molecular complexity index is 1210. The number of benzene rings is 1. The Labute approximate surface area is 152 Å². The van der Waals surface area contributed by atoms with Gasteiger partial charge in [-0.3, -0.25) is 4.79 Å². The molecule has 0 aliphatic heterocycles. The van der Waals surface area contributed by atoms with E-state index in [9.17, 15) is 9.59 Å². The van der Waals surface area contributed by atoms with Crippen LogP contribution in [-0.4, -0.2) is 30.2 Å². The summed E-state index contributed by atoms with van der Waals surface area (Å²) in [5.74, 6) is -1.08. The molecule has 130 valence electrons. The van der Waals surface area contributed by atoms with Crippen molar-refractivity contribution >= 4 is 34.1 Å². The quantitative estimate of drug-likeness (QED) is 0.600. The topological polar surface area (TPSA) is 89.5 Å². The summed E-state index contributed by atoms with van der Waals surface area (Å²) >= 11 is 5.93. The number of carboxylic acids is 1. The first kappa shape index (κ1) is 16.3. The Morgan fingerprint density at radius 3 is 2.62 bits per heavy atom. The molecule has 1 N–H and O–H groups in total. The van der Waals surface area contributed by atoms with Crippen molar-refractivity contribution < 1.29 is 9.90 Å². The summed E-state index contributed by atoms with van der Waals surface area (Å²) in [5, 5.41) is 14.4. The minimum Gasteiger partial charge on any atom is -0.480 e. The molecule has 1 unspecified atom stereocenters. The molecule has 0 saturated heterocycles. The average molecular weight is 369 g/mol. The fourth-order valence-electron chi connectivity index (χ4n) is 2.89. The van der Waals surface area contributed by atoms with Crippen molar-refractivity contribution in [2.24, 2.45) is 0 Å². The van der Waals surface area contributed by atoms with Gasteiger partial charge >= 0.3 is 5.97 Å². The summed E-state index contributed by atoms with van der Waals surface area (Å²) in [7, 11) is 0. The van der Waals surface area contributed by atoms with Crippen molar-refractivity contribution in [2.75, 3.05) is 0 Å². The van der Waals surface area contributed by atoms with Crippen LogP contribution in [0, 0.1) is 0 Å². The number of carboxylic acid groups (broad SMARTS) is 1. The van der Waals surface area contributed by atoms with E-state index in [0.717, 1.165) is 11.1 Å².